The van der Waals surface area contributed by atoms with E-state index in [0.717, 1.165) is 0 Å². The predicted molar refractivity (Wildman–Crippen MR) is 0 cm³/mol. The summed E-state index contributed by atoms with van der Waals surface area (Å²) in [5, 5.41) is 0. The van der Waals surface area contributed by atoms with Crippen LogP contribution in [0, 0.1) is 0 Å². The van der Waals surface area contributed by atoms with E-state index in [1.54, 1.807) is 0 Å². The summed E-state index contributed by atoms with van der Waals surface area (Å²) in [5.74, 6) is 0. The van der Waals surface area contributed by atoms with Gasteiger partial charge in [0.25, 0.3) is 0 Å². The fourth-order valence-electron chi connectivity index (χ4n) is 0. The molecule has 0 N–H and O–H groups in total. The molecule has 6 heteroatoms. The van der Waals surface area contributed by atoms with Crippen LogP contribution in [0.1, 0.15) is 0 Å². The van der Waals surface area contributed by atoms with Gasteiger partial charge in [0.2, 0.25) is 0 Å². The monoisotopic (exact) mass is 441 g/mol. The van der Waals surface area contributed by atoms with E-state index in [1.807, 2.05) is 0 Å². The largest absolute Gasteiger partial charge is 2.00 e. The summed E-state index contributed by atoms with van der Waals surface area (Å²) in [6, 6.07) is 0. The summed E-state index contributed by atoms with van der Waals surface area (Å²) >= 11 is 0. The van der Waals surface area contributed by atoms with Crippen molar-refractivity contribution in [1.82, 2.24) is 0 Å². The van der Waals surface area contributed by atoms with Crippen molar-refractivity contribution < 1.29 is 91.1 Å². The maximum Gasteiger partial charge on any atom is 2.00 e. The van der Waals surface area contributed by atoms with Crippen LogP contribution in [-0.2, 0) is 41.5 Å². The second-order valence-corrected chi connectivity index (χ2v) is 0. The van der Waals surface area contributed by atoms with E-state index < -0.39 is 0 Å². The van der Waals surface area contributed by atoms with Crippen LogP contribution in [-0.4, -0.2) is 0 Å². The summed E-state index contributed by atoms with van der Waals surface area (Å²) in [7, 11) is 0. The number of rotatable bonds is 0. The molecule has 0 aliphatic heterocycles. The molecule has 0 amide bonds. The molecular weight excluding hydrogens is 443 g/mol. The van der Waals surface area contributed by atoms with Crippen molar-refractivity contribution in [2.24, 2.45) is 0 Å². The molecule has 0 bridgehead atoms. The van der Waals surface area contributed by atoms with Crippen molar-refractivity contribution in [2.45, 2.75) is 0 Å². The molecule has 0 aliphatic carbocycles. The minimum atomic E-state index is 0. The molecule has 0 rings (SSSR count). The van der Waals surface area contributed by atoms with E-state index in [1.165, 1.54) is 0 Å². The molecule has 0 nitrogen and oxygen atoms in total. The second-order valence-electron chi connectivity index (χ2n) is 0. The van der Waals surface area contributed by atoms with Gasteiger partial charge in [0, 0.05) is 0 Å². The van der Waals surface area contributed by atoms with Gasteiger partial charge in [-0.05, 0) is 0 Å². The van der Waals surface area contributed by atoms with Gasteiger partial charge in [0.05, 0.1) is 0 Å². The molecule has 0 atom stereocenters. The first-order valence-corrected chi connectivity index (χ1v) is 0. The van der Waals surface area contributed by atoms with E-state index in [9.17, 15) is 0 Å². The summed E-state index contributed by atoms with van der Waals surface area (Å²) in [4.78, 5) is 0. The first-order chi connectivity index (χ1) is 0. The first-order valence-electron chi connectivity index (χ1n) is 0. The molecular formula is Cl4PdPt. The van der Waals surface area contributed by atoms with Crippen LogP contribution in [0.25, 0.3) is 0 Å². The predicted octanol–water partition coefficient (Wildman–Crippen LogP) is -12.0. The van der Waals surface area contributed by atoms with Crippen molar-refractivity contribution in [1.29, 1.82) is 0 Å². The fraction of sp³-hybridized carbons (Fsp3) is 0. The Hall–Kier alpha value is 2.51. The summed E-state index contributed by atoms with van der Waals surface area (Å²) in [6.45, 7) is 0. The Labute approximate surface area is 90.1 Å². The Morgan fingerprint density at radius 3 is 0.500 bits per heavy atom. The molecule has 0 aromatic carbocycles. The van der Waals surface area contributed by atoms with Gasteiger partial charge in [0.1, 0.15) is 0 Å². The molecule has 0 fully saturated rings. The SMILES string of the molecule is [Cl-].[Cl-].[Cl-].[Cl-].[Pd+2].[Pt+2]. The van der Waals surface area contributed by atoms with Crippen molar-refractivity contribution in [2.75, 3.05) is 0 Å². The van der Waals surface area contributed by atoms with Gasteiger partial charge in [0.15, 0.2) is 0 Å². The van der Waals surface area contributed by atoms with E-state index in [4.69, 9.17) is 0 Å². The average molecular weight is 443 g/mol. The molecule has 0 aromatic heterocycles. The topological polar surface area (TPSA) is 0 Å². The van der Waals surface area contributed by atoms with Gasteiger partial charge in [-0.3, -0.25) is 0 Å². The Balaban J connectivity index is 0. The Bertz CT molecular complexity index is 7.51. The molecule has 48 valence electrons. The van der Waals surface area contributed by atoms with Crippen LogP contribution in [0.15, 0.2) is 0 Å². The van der Waals surface area contributed by atoms with E-state index in [2.05, 4.69) is 0 Å². The molecule has 0 unspecified atom stereocenters. The zero-order valence-electron chi connectivity index (χ0n) is 2.14. The number of hydrogen-bond donors (Lipinski definition) is 0. The smallest absolute Gasteiger partial charge is 1.00 e. The molecule has 0 heterocycles. The molecule has 0 radical (unpaired) electrons. The fourth-order valence-corrected chi connectivity index (χ4v) is 0. The maximum atomic E-state index is 0. The van der Waals surface area contributed by atoms with Crippen LogP contribution < -0.4 is 49.6 Å². The quantitative estimate of drug-likeness (QED) is 0.327. The van der Waals surface area contributed by atoms with Crippen LogP contribution in [0.3, 0.4) is 0 Å². The van der Waals surface area contributed by atoms with Gasteiger partial charge >= 0.3 is 41.5 Å². The van der Waals surface area contributed by atoms with E-state index in [0.29, 0.717) is 0 Å². The molecule has 6 heavy (non-hydrogen) atoms. The third-order valence-corrected chi connectivity index (χ3v) is 0. The third kappa shape index (κ3) is 31.4. The van der Waals surface area contributed by atoms with Crippen molar-refractivity contribution in [3.8, 4) is 0 Å². The average Bonchev–Trinajstić information content (AvgIpc) is 0. The van der Waals surface area contributed by atoms with Crippen molar-refractivity contribution in [3.63, 3.8) is 0 Å². The minimum Gasteiger partial charge on any atom is -1.00 e. The molecule has 0 saturated carbocycles. The normalized spacial score (nSPS) is 0. The van der Waals surface area contributed by atoms with Gasteiger partial charge in [-0.2, -0.15) is 0 Å². The molecule has 0 spiro atoms. The van der Waals surface area contributed by atoms with Crippen LogP contribution in [0.2, 0.25) is 0 Å². The summed E-state index contributed by atoms with van der Waals surface area (Å²) in [6.07, 6.45) is 0. The zero-order valence-corrected chi connectivity index (χ0v) is 8.99. The summed E-state index contributed by atoms with van der Waals surface area (Å²) in [5.41, 5.74) is 0. The van der Waals surface area contributed by atoms with Crippen molar-refractivity contribution in [3.05, 3.63) is 0 Å². The van der Waals surface area contributed by atoms with Gasteiger partial charge < -0.3 is 49.6 Å². The van der Waals surface area contributed by atoms with Crippen LogP contribution in [0.5, 0.6) is 0 Å². The van der Waals surface area contributed by atoms with E-state index in [-0.39, 0.29) is 91.1 Å². The molecule has 0 aromatic rings. The number of halogens is 4. The van der Waals surface area contributed by atoms with Gasteiger partial charge in [-0.1, -0.05) is 0 Å². The molecule has 0 aliphatic rings. The first kappa shape index (κ1) is 76.2. The number of hydrogen-bond acceptors (Lipinski definition) is 0. The van der Waals surface area contributed by atoms with Gasteiger partial charge in [-0.15, -0.1) is 0 Å². The van der Waals surface area contributed by atoms with Gasteiger partial charge in [-0.25, -0.2) is 0 Å². The second kappa shape index (κ2) is 50.5. The summed E-state index contributed by atoms with van der Waals surface area (Å²) < 4.78 is 0. The zero-order chi connectivity index (χ0) is 0. The minimum absolute atomic E-state index is 0. The van der Waals surface area contributed by atoms with Crippen LogP contribution in [0.4, 0.5) is 0 Å². The Morgan fingerprint density at radius 1 is 0.500 bits per heavy atom. The Kier molecular flexibility index (Phi) is 641. The standard InChI is InChI=1S/4ClH.Pd.Pt/h4*1H;;/q;;;;2*+2/p-4. The molecule has 0 saturated heterocycles. The third-order valence-electron chi connectivity index (χ3n) is 0. The Morgan fingerprint density at radius 2 is 0.500 bits per heavy atom. The van der Waals surface area contributed by atoms with E-state index >= 15 is 0 Å². The maximum absolute atomic E-state index is 0. The van der Waals surface area contributed by atoms with Crippen LogP contribution >= 0.6 is 0 Å². The van der Waals surface area contributed by atoms with Crippen molar-refractivity contribution >= 4 is 0 Å².